The Kier molecular flexibility index (Phi) is 5.83. The van der Waals surface area contributed by atoms with Gasteiger partial charge in [0.15, 0.2) is 5.82 Å². The van der Waals surface area contributed by atoms with Crippen LogP contribution in [0.3, 0.4) is 0 Å². The van der Waals surface area contributed by atoms with Crippen molar-refractivity contribution < 1.29 is 13.6 Å². The fourth-order valence-corrected chi connectivity index (χ4v) is 3.87. The van der Waals surface area contributed by atoms with Gasteiger partial charge in [-0.2, -0.15) is 0 Å². The number of hydrogen-bond donors (Lipinski definition) is 2. The molecule has 1 saturated heterocycles. The smallest absolute Gasteiger partial charge is 0.319 e. The molecule has 4 rings (SSSR count). The van der Waals surface area contributed by atoms with E-state index in [4.69, 9.17) is 0 Å². The second-order valence-electron chi connectivity index (χ2n) is 7.46. The number of carbonyl (C=O) groups is 1. The average molecular weight is 427 g/mol. The number of rotatable bonds is 4. The molecule has 1 aliphatic rings. The monoisotopic (exact) mass is 427 g/mol. The topological polar surface area (TPSA) is 79.3 Å². The third-order valence-electron chi connectivity index (χ3n) is 5.46. The van der Waals surface area contributed by atoms with Gasteiger partial charge >= 0.3 is 6.03 Å². The molecule has 0 aliphatic carbocycles. The maximum absolute atomic E-state index is 13.7. The van der Waals surface area contributed by atoms with Gasteiger partial charge in [0.05, 0.1) is 16.7 Å². The molecule has 0 bridgehead atoms. The molecule has 2 heterocycles. The zero-order valence-electron chi connectivity index (χ0n) is 17.1. The van der Waals surface area contributed by atoms with E-state index in [1.807, 2.05) is 36.1 Å². The molecule has 3 aromatic rings. The molecule has 7 nitrogen and oxygen atoms in total. The summed E-state index contributed by atoms with van der Waals surface area (Å²) in [5.74, 6) is -1.13. The molecule has 2 N–H and O–H groups in total. The summed E-state index contributed by atoms with van der Waals surface area (Å²) < 4.78 is 28.4. The Hall–Kier alpha value is -3.49. The quantitative estimate of drug-likeness (QED) is 0.668. The molecule has 2 aromatic carbocycles. The molecule has 2 amide bonds. The number of amides is 2. The number of nitrogens with one attached hydrogen (secondary N) is 2. The van der Waals surface area contributed by atoms with Crippen LogP contribution in [0.25, 0.3) is 11.0 Å². The summed E-state index contributed by atoms with van der Waals surface area (Å²) in [7, 11) is 0. The SMILES string of the molecule is CCn1c(=O)c(N2CCC(NC(=O)Nc3ccc(F)cc3F)CC2)nc2ccccc21. The highest BCUT2D eigenvalue weighted by atomic mass is 19.1. The summed E-state index contributed by atoms with van der Waals surface area (Å²) in [6.45, 7) is 3.59. The van der Waals surface area contributed by atoms with Gasteiger partial charge in [-0.1, -0.05) is 12.1 Å². The normalized spacial score (nSPS) is 14.6. The maximum Gasteiger partial charge on any atom is 0.319 e. The molecule has 1 aliphatic heterocycles. The first-order valence-electron chi connectivity index (χ1n) is 10.2. The molecule has 31 heavy (non-hydrogen) atoms. The Labute approximate surface area is 177 Å². The lowest BCUT2D eigenvalue weighted by molar-refractivity contribution is 0.246. The highest BCUT2D eigenvalue weighted by Crippen LogP contribution is 2.19. The predicted octanol–water partition coefficient (Wildman–Crippen LogP) is 3.49. The number of carbonyl (C=O) groups excluding carboxylic acids is 1. The number of anilines is 2. The largest absolute Gasteiger partial charge is 0.352 e. The molecule has 0 radical (unpaired) electrons. The summed E-state index contributed by atoms with van der Waals surface area (Å²) in [5.41, 5.74) is 1.36. The van der Waals surface area contributed by atoms with Crippen LogP contribution in [-0.2, 0) is 6.54 Å². The molecular weight excluding hydrogens is 404 g/mol. The van der Waals surface area contributed by atoms with Crippen LogP contribution in [0.1, 0.15) is 19.8 Å². The van der Waals surface area contributed by atoms with Gasteiger partial charge in [-0.05, 0) is 44.0 Å². The standard InChI is InChI=1S/C22H23F2N5O2/c1-2-29-19-6-4-3-5-18(19)26-20(21(29)30)28-11-9-15(10-12-28)25-22(31)27-17-8-7-14(23)13-16(17)24/h3-8,13,15H,2,9-12H2,1H3,(H2,25,27,31). The van der Waals surface area contributed by atoms with Crippen molar-refractivity contribution in [3.63, 3.8) is 0 Å². The van der Waals surface area contributed by atoms with E-state index >= 15 is 0 Å². The van der Waals surface area contributed by atoms with Gasteiger partial charge < -0.3 is 20.1 Å². The number of aromatic nitrogens is 2. The Bertz CT molecular complexity index is 1170. The van der Waals surface area contributed by atoms with E-state index in [0.717, 1.165) is 17.1 Å². The number of benzene rings is 2. The lowest BCUT2D eigenvalue weighted by Crippen LogP contribution is -2.47. The van der Waals surface area contributed by atoms with Crippen LogP contribution < -0.4 is 21.1 Å². The number of hydrogen-bond acceptors (Lipinski definition) is 4. The fraction of sp³-hybridized carbons (Fsp3) is 0.318. The molecule has 162 valence electrons. The minimum absolute atomic E-state index is 0.0863. The highest BCUT2D eigenvalue weighted by Gasteiger charge is 2.24. The van der Waals surface area contributed by atoms with Crippen molar-refractivity contribution in [2.75, 3.05) is 23.3 Å². The van der Waals surface area contributed by atoms with E-state index in [1.54, 1.807) is 4.57 Å². The molecule has 1 fully saturated rings. The van der Waals surface area contributed by atoms with E-state index in [1.165, 1.54) is 6.07 Å². The Balaban J connectivity index is 1.41. The van der Waals surface area contributed by atoms with Crippen LogP contribution in [-0.4, -0.2) is 34.7 Å². The first-order chi connectivity index (χ1) is 15.0. The second-order valence-corrected chi connectivity index (χ2v) is 7.46. The number of fused-ring (bicyclic) bond motifs is 1. The maximum atomic E-state index is 13.7. The van der Waals surface area contributed by atoms with Crippen molar-refractivity contribution in [1.82, 2.24) is 14.9 Å². The zero-order valence-corrected chi connectivity index (χ0v) is 17.1. The number of halogens is 2. The van der Waals surface area contributed by atoms with Crippen LogP contribution in [0.2, 0.25) is 0 Å². The number of nitrogens with zero attached hydrogens (tertiary/aromatic N) is 3. The molecule has 0 unspecified atom stereocenters. The van der Waals surface area contributed by atoms with Crippen LogP contribution in [0, 0.1) is 11.6 Å². The number of para-hydroxylation sites is 2. The lowest BCUT2D eigenvalue weighted by atomic mass is 10.1. The van der Waals surface area contributed by atoms with E-state index in [-0.39, 0.29) is 17.3 Å². The number of urea groups is 1. The molecule has 0 spiro atoms. The molecule has 0 atom stereocenters. The van der Waals surface area contributed by atoms with Gasteiger partial charge in [0.2, 0.25) is 0 Å². The van der Waals surface area contributed by atoms with Crippen LogP contribution >= 0.6 is 0 Å². The van der Waals surface area contributed by atoms with Crippen LogP contribution in [0.15, 0.2) is 47.3 Å². The van der Waals surface area contributed by atoms with Gasteiger partial charge in [-0.15, -0.1) is 0 Å². The molecule has 1 aromatic heterocycles. The molecule has 9 heteroatoms. The van der Waals surface area contributed by atoms with Crippen LogP contribution in [0.5, 0.6) is 0 Å². The predicted molar refractivity (Wildman–Crippen MR) is 115 cm³/mol. The van der Waals surface area contributed by atoms with Gasteiger partial charge in [-0.25, -0.2) is 18.6 Å². The molecular formula is C22H23F2N5O2. The van der Waals surface area contributed by atoms with E-state index in [9.17, 15) is 18.4 Å². The Morgan fingerprint density at radius 1 is 1.16 bits per heavy atom. The fourth-order valence-electron chi connectivity index (χ4n) is 3.87. The first kappa shape index (κ1) is 20.8. The second kappa shape index (κ2) is 8.71. The first-order valence-corrected chi connectivity index (χ1v) is 10.2. The minimum Gasteiger partial charge on any atom is -0.352 e. The zero-order chi connectivity index (χ0) is 22.0. The van der Waals surface area contributed by atoms with Crippen molar-refractivity contribution in [2.45, 2.75) is 32.4 Å². The highest BCUT2D eigenvalue weighted by molar-refractivity contribution is 5.89. The third kappa shape index (κ3) is 4.35. The minimum atomic E-state index is -0.834. The number of piperidine rings is 1. The van der Waals surface area contributed by atoms with Gasteiger partial charge in [0.25, 0.3) is 5.56 Å². The Morgan fingerprint density at radius 3 is 2.61 bits per heavy atom. The van der Waals surface area contributed by atoms with Gasteiger partial charge in [0.1, 0.15) is 11.6 Å². The van der Waals surface area contributed by atoms with Crippen LogP contribution in [0.4, 0.5) is 25.1 Å². The lowest BCUT2D eigenvalue weighted by Gasteiger charge is -2.33. The van der Waals surface area contributed by atoms with Crippen molar-refractivity contribution in [3.05, 3.63) is 64.5 Å². The van der Waals surface area contributed by atoms with Crippen molar-refractivity contribution in [1.29, 1.82) is 0 Å². The van der Waals surface area contributed by atoms with Gasteiger partial charge in [-0.3, -0.25) is 4.79 Å². The van der Waals surface area contributed by atoms with Gasteiger partial charge in [0, 0.05) is 31.7 Å². The van der Waals surface area contributed by atoms with E-state index < -0.39 is 17.7 Å². The van der Waals surface area contributed by atoms with Crippen molar-refractivity contribution >= 4 is 28.6 Å². The summed E-state index contributed by atoms with van der Waals surface area (Å²) in [5, 5.41) is 5.21. The summed E-state index contributed by atoms with van der Waals surface area (Å²) in [6, 6.07) is 9.83. The summed E-state index contributed by atoms with van der Waals surface area (Å²) in [4.78, 5) is 31.7. The molecule has 0 saturated carbocycles. The number of aryl methyl sites for hydroxylation is 1. The Morgan fingerprint density at radius 2 is 1.90 bits per heavy atom. The third-order valence-corrected chi connectivity index (χ3v) is 5.46. The van der Waals surface area contributed by atoms with Crippen molar-refractivity contribution in [2.24, 2.45) is 0 Å². The average Bonchev–Trinajstić information content (AvgIpc) is 2.76. The van der Waals surface area contributed by atoms with E-state index in [2.05, 4.69) is 15.6 Å². The summed E-state index contributed by atoms with van der Waals surface area (Å²) in [6.07, 6.45) is 1.22. The van der Waals surface area contributed by atoms with Crippen molar-refractivity contribution in [3.8, 4) is 0 Å². The van der Waals surface area contributed by atoms with E-state index in [0.29, 0.717) is 44.4 Å². The summed E-state index contributed by atoms with van der Waals surface area (Å²) >= 11 is 0.